The van der Waals surface area contributed by atoms with Crippen LogP contribution in [0.25, 0.3) is 16.9 Å². The van der Waals surface area contributed by atoms with Crippen LogP contribution in [0.4, 0.5) is 0 Å². The van der Waals surface area contributed by atoms with Crippen molar-refractivity contribution < 1.29 is 14.7 Å². The molecule has 4 aromatic rings. The van der Waals surface area contributed by atoms with Crippen LogP contribution >= 0.6 is 15.9 Å². The molecule has 0 spiro atoms. The minimum atomic E-state index is -1.01. The van der Waals surface area contributed by atoms with Crippen molar-refractivity contribution in [2.45, 2.75) is 32.2 Å². The Morgan fingerprint density at radius 1 is 0.973 bits per heavy atom. The molecule has 3 aromatic carbocycles. The van der Waals surface area contributed by atoms with E-state index in [0.29, 0.717) is 6.42 Å². The highest BCUT2D eigenvalue weighted by molar-refractivity contribution is 9.10. The summed E-state index contributed by atoms with van der Waals surface area (Å²) >= 11 is 3.47. The molecule has 37 heavy (non-hydrogen) atoms. The first-order chi connectivity index (χ1) is 17.9. The van der Waals surface area contributed by atoms with Crippen LogP contribution in [0.3, 0.4) is 0 Å². The second-order valence-electron chi connectivity index (χ2n) is 8.99. The Labute approximate surface area is 223 Å². The van der Waals surface area contributed by atoms with Crippen LogP contribution in [0.2, 0.25) is 0 Å². The zero-order valence-electron chi connectivity index (χ0n) is 20.2. The fourth-order valence-corrected chi connectivity index (χ4v) is 4.66. The second kappa shape index (κ2) is 10.5. The fraction of sp³-hybridized carbons (Fsp3) is 0.172. The van der Waals surface area contributed by atoms with E-state index in [1.165, 1.54) is 5.01 Å². The molecule has 0 aliphatic carbocycles. The number of rotatable bonds is 7. The monoisotopic (exact) mass is 556 g/mol. The van der Waals surface area contributed by atoms with E-state index >= 15 is 0 Å². The van der Waals surface area contributed by atoms with E-state index in [2.05, 4.69) is 15.9 Å². The van der Waals surface area contributed by atoms with Crippen molar-refractivity contribution in [1.82, 2.24) is 14.8 Å². The van der Waals surface area contributed by atoms with Crippen molar-refractivity contribution in [3.8, 4) is 16.9 Å². The molecule has 1 N–H and O–H groups in total. The number of carbonyl (C=O) groups excluding carboxylic acids is 1. The summed E-state index contributed by atoms with van der Waals surface area (Å²) in [5.41, 5.74) is 6.29. The number of aromatic nitrogens is 2. The van der Waals surface area contributed by atoms with Gasteiger partial charge in [0.1, 0.15) is 5.69 Å². The van der Waals surface area contributed by atoms with Crippen LogP contribution in [0.15, 0.2) is 94.6 Å². The molecule has 2 heterocycles. The Hall–Kier alpha value is -4.04. The zero-order chi connectivity index (χ0) is 25.9. The average molecular weight is 557 g/mol. The summed E-state index contributed by atoms with van der Waals surface area (Å²) in [7, 11) is 0. The lowest BCUT2D eigenvalue weighted by Gasteiger charge is -2.22. The largest absolute Gasteiger partial charge is 0.481 e. The van der Waals surface area contributed by atoms with Gasteiger partial charge in [-0.25, -0.2) is 9.69 Å². The summed E-state index contributed by atoms with van der Waals surface area (Å²) in [5.74, 6) is -1.33. The van der Waals surface area contributed by atoms with Crippen molar-refractivity contribution in [3.05, 3.63) is 106 Å². The molecule has 5 rings (SSSR count). The van der Waals surface area contributed by atoms with Gasteiger partial charge in [0.15, 0.2) is 0 Å². The molecule has 0 bridgehead atoms. The number of halogens is 1. The number of aryl methyl sites for hydroxylation is 1. The maximum Gasteiger partial charge on any atom is 0.303 e. The molecule has 1 amide bonds. The third-order valence-corrected chi connectivity index (χ3v) is 6.87. The number of nitrogens with zero attached hydrogens (tertiary/aromatic N) is 4. The minimum Gasteiger partial charge on any atom is -0.481 e. The number of hydrogen-bond donors (Lipinski definition) is 1. The molecule has 0 unspecified atom stereocenters. The minimum absolute atomic E-state index is 0.118. The number of hydrazone groups is 1. The maximum absolute atomic E-state index is 13.1. The third kappa shape index (κ3) is 5.39. The number of hydrogen-bond acceptors (Lipinski definition) is 4. The van der Waals surface area contributed by atoms with Crippen molar-refractivity contribution in [1.29, 1.82) is 0 Å². The van der Waals surface area contributed by atoms with Crippen LogP contribution in [0.5, 0.6) is 0 Å². The number of para-hydroxylation sites is 1. The topological polar surface area (TPSA) is 87.8 Å². The number of amides is 1. The van der Waals surface area contributed by atoms with Gasteiger partial charge in [-0.2, -0.15) is 10.2 Å². The van der Waals surface area contributed by atoms with Gasteiger partial charge in [-0.1, -0.05) is 76.1 Å². The number of carboxylic acids is 1. The zero-order valence-corrected chi connectivity index (χ0v) is 21.8. The molecule has 8 heteroatoms. The lowest BCUT2D eigenvalue weighted by molar-refractivity contribution is -0.141. The first-order valence-corrected chi connectivity index (χ1v) is 12.8. The normalized spacial score (nSPS) is 15.0. The Kier molecular flexibility index (Phi) is 7.01. The van der Waals surface area contributed by atoms with Gasteiger partial charge in [-0.15, -0.1) is 0 Å². The molecule has 0 radical (unpaired) electrons. The molecule has 1 aliphatic rings. The second-order valence-corrected chi connectivity index (χ2v) is 9.90. The van der Waals surface area contributed by atoms with E-state index in [1.807, 2.05) is 96.7 Å². The molecule has 1 aliphatic heterocycles. The van der Waals surface area contributed by atoms with E-state index < -0.39 is 5.97 Å². The first kappa shape index (κ1) is 24.6. The molecular formula is C29H25BrN4O3. The van der Waals surface area contributed by atoms with Crippen molar-refractivity contribution in [3.63, 3.8) is 0 Å². The van der Waals surface area contributed by atoms with Gasteiger partial charge in [0, 0.05) is 34.6 Å². The number of aliphatic carboxylic acids is 1. The molecular weight excluding hydrogens is 532 g/mol. The van der Waals surface area contributed by atoms with Crippen LogP contribution in [-0.2, 0) is 9.59 Å². The summed E-state index contributed by atoms with van der Waals surface area (Å²) in [6.45, 7) is 2.04. The van der Waals surface area contributed by atoms with Gasteiger partial charge in [0.05, 0.1) is 23.9 Å². The van der Waals surface area contributed by atoms with Gasteiger partial charge < -0.3 is 5.11 Å². The van der Waals surface area contributed by atoms with E-state index in [-0.39, 0.29) is 24.8 Å². The molecule has 7 nitrogen and oxygen atoms in total. The molecule has 0 fully saturated rings. The number of carboxylic acid groups (broad SMARTS) is 1. The maximum atomic E-state index is 13.1. The van der Waals surface area contributed by atoms with Crippen molar-refractivity contribution in [2.24, 2.45) is 5.10 Å². The van der Waals surface area contributed by atoms with E-state index in [4.69, 9.17) is 15.3 Å². The summed E-state index contributed by atoms with van der Waals surface area (Å²) in [5, 5.41) is 20.2. The number of carbonyl (C=O) groups is 2. The summed E-state index contributed by atoms with van der Waals surface area (Å²) in [6.07, 6.45) is 2.08. The molecule has 1 aromatic heterocycles. The van der Waals surface area contributed by atoms with Crippen LogP contribution < -0.4 is 0 Å². The highest BCUT2D eigenvalue weighted by Crippen LogP contribution is 2.36. The molecule has 0 saturated carbocycles. The van der Waals surface area contributed by atoms with E-state index in [9.17, 15) is 9.59 Å². The standard InChI is InChI=1S/C29H25BrN4O3/c1-19-7-9-21(10-8-19)29-24(18-33(32-29)23-5-3-2-4-6-23)25-17-26(20-11-13-22(30)14-12-20)34(31-25)27(35)15-16-28(36)37/h2-14,18,26H,15-17H2,1H3,(H,36,37)/t26-/m0/s1. The summed E-state index contributed by atoms with van der Waals surface area (Å²) in [6, 6.07) is 25.4. The fourth-order valence-electron chi connectivity index (χ4n) is 4.40. The predicted molar refractivity (Wildman–Crippen MR) is 145 cm³/mol. The number of benzene rings is 3. The van der Waals surface area contributed by atoms with Gasteiger partial charge in [-0.3, -0.25) is 9.59 Å². The van der Waals surface area contributed by atoms with Crippen LogP contribution in [0, 0.1) is 6.92 Å². The SMILES string of the molecule is Cc1ccc(-c2nn(-c3ccccc3)cc2C2=NN(C(=O)CCC(=O)O)[C@H](c3ccc(Br)cc3)C2)cc1. The summed E-state index contributed by atoms with van der Waals surface area (Å²) < 4.78 is 2.77. The van der Waals surface area contributed by atoms with Crippen LogP contribution in [-0.4, -0.2) is 37.5 Å². The Morgan fingerprint density at radius 3 is 2.35 bits per heavy atom. The van der Waals surface area contributed by atoms with E-state index in [0.717, 1.165) is 43.8 Å². The quantitative estimate of drug-likeness (QED) is 0.295. The highest BCUT2D eigenvalue weighted by atomic mass is 79.9. The lowest BCUT2D eigenvalue weighted by atomic mass is 9.96. The van der Waals surface area contributed by atoms with Gasteiger partial charge in [-0.05, 0) is 36.8 Å². The highest BCUT2D eigenvalue weighted by Gasteiger charge is 2.34. The summed E-state index contributed by atoms with van der Waals surface area (Å²) in [4.78, 5) is 24.3. The van der Waals surface area contributed by atoms with Gasteiger partial charge >= 0.3 is 5.97 Å². The Balaban J connectivity index is 1.59. The van der Waals surface area contributed by atoms with Crippen molar-refractivity contribution in [2.75, 3.05) is 0 Å². The Morgan fingerprint density at radius 2 is 1.68 bits per heavy atom. The first-order valence-electron chi connectivity index (χ1n) is 12.0. The van der Waals surface area contributed by atoms with Gasteiger partial charge in [0.25, 0.3) is 0 Å². The smallest absolute Gasteiger partial charge is 0.303 e. The lowest BCUT2D eigenvalue weighted by Crippen LogP contribution is -2.27. The molecule has 0 saturated heterocycles. The average Bonchev–Trinajstić information content (AvgIpc) is 3.54. The van der Waals surface area contributed by atoms with Crippen molar-refractivity contribution >= 4 is 33.5 Å². The van der Waals surface area contributed by atoms with Crippen LogP contribution in [0.1, 0.15) is 42.0 Å². The Bertz CT molecular complexity index is 1460. The predicted octanol–water partition coefficient (Wildman–Crippen LogP) is 6.15. The third-order valence-electron chi connectivity index (χ3n) is 6.34. The molecule has 1 atom stereocenters. The van der Waals surface area contributed by atoms with Gasteiger partial charge in [0.2, 0.25) is 5.91 Å². The molecule has 186 valence electrons. The van der Waals surface area contributed by atoms with E-state index in [1.54, 1.807) is 0 Å².